The van der Waals surface area contributed by atoms with E-state index in [9.17, 15) is 9.59 Å². The fourth-order valence-electron chi connectivity index (χ4n) is 2.58. The van der Waals surface area contributed by atoms with Gasteiger partial charge in [-0.2, -0.15) is 0 Å². The van der Waals surface area contributed by atoms with Crippen molar-refractivity contribution in [1.82, 2.24) is 10.2 Å². The molecule has 0 unspecified atom stereocenters. The van der Waals surface area contributed by atoms with Crippen LogP contribution in [0.25, 0.3) is 0 Å². The van der Waals surface area contributed by atoms with Gasteiger partial charge in [-0.3, -0.25) is 9.59 Å². The van der Waals surface area contributed by atoms with Crippen LogP contribution in [0.2, 0.25) is 5.02 Å². The van der Waals surface area contributed by atoms with E-state index < -0.39 is 0 Å². The van der Waals surface area contributed by atoms with Gasteiger partial charge in [0.15, 0.2) is 0 Å². The Hall–Kier alpha value is -2.33. The van der Waals surface area contributed by atoms with E-state index in [2.05, 4.69) is 5.32 Å². The smallest absolute Gasteiger partial charge is 0.224 e. The largest absolute Gasteiger partial charge is 0.354 e. The van der Waals surface area contributed by atoms with E-state index in [0.717, 1.165) is 16.7 Å². The van der Waals surface area contributed by atoms with E-state index in [0.29, 0.717) is 31.1 Å². The molecule has 25 heavy (non-hydrogen) atoms. The normalized spacial score (nSPS) is 10.4. The van der Waals surface area contributed by atoms with E-state index in [1.165, 1.54) is 6.92 Å². The lowest BCUT2D eigenvalue weighted by Crippen LogP contribution is -2.37. The second kappa shape index (κ2) is 9.23. The number of rotatable bonds is 7. The lowest BCUT2D eigenvalue weighted by Gasteiger charge is -2.22. The zero-order valence-electron chi connectivity index (χ0n) is 14.6. The van der Waals surface area contributed by atoms with Gasteiger partial charge < -0.3 is 10.2 Å². The summed E-state index contributed by atoms with van der Waals surface area (Å²) in [7, 11) is 0. The summed E-state index contributed by atoms with van der Waals surface area (Å²) in [5, 5.41) is 3.51. The maximum atomic E-state index is 12.1. The molecule has 0 saturated heterocycles. The van der Waals surface area contributed by atoms with Gasteiger partial charge in [-0.25, -0.2) is 0 Å². The van der Waals surface area contributed by atoms with Crippen LogP contribution in [0.4, 0.5) is 0 Å². The van der Waals surface area contributed by atoms with Gasteiger partial charge in [-0.05, 0) is 24.1 Å². The minimum absolute atomic E-state index is 0.0483. The van der Waals surface area contributed by atoms with E-state index in [4.69, 9.17) is 11.6 Å². The van der Waals surface area contributed by atoms with Crippen molar-refractivity contribution in [2.24, 2.45) is 0 Å². The zero-order chi connectivity index (χ0) is 18.2. The van der Waals surface area contributed by atoms with E-state index in [-0.39, 0.29) is 11.8 Å². The van der Waals surface area contributed by atoms with Crippen LogP contribution < -0.4 is 5.32 Å². The first kappa shape index (κ1) is 19.0. The van der Waals surface area contributed by atoms with Crippen molar-refractivity contribution in [1.29, 1.82) is 0 Å². The lowest BCUT2D eigenvalue weighted by molar-refractivity contribution is -0.130. The van der Waals surface area contributed by atoms with Gasteiger partial charge in [-0.15, -0.1) is 0 Å². The third-order valence-electron chi connectivity index (χ3n) is 3.92. The zero-order valence-corrected chi connectivity index (χ0v) is 15.3. The highest BCUT2D eigenvalue weighted by Crippen LogP contribution is 2.16. The molecule has 0 spiro atoms. The molecule has 0 aliphatic heterocycles. The summed E-state index contributed by atoms with van der Waals surface area (Å²) in [5.74, 6) is -0.0975. The van der Waals surface area contributed by atoms with Gasteiger partial charge in [-0.1, -0.05) is 59.6 Å². The van der Waals surface area contributed by atoms with Crippen LogP contribution in [0.15, 0.2) is 48.5 Å². The number of benzene rings is 2. The predicted octanol–water partition coefficient (Wildman–Crippen LogP) is 3.36. The minimum Gasteiger partial charge on any atom is -0.354 e. The van der Waals surface area contributed by atoms with Gasteiger partial charge in [0.1, 0.15) is 0 Å². The first-order valence-electron chi connectivity index (χ1n) is 8.27. The highest BCUT2D eigenvalue weighted by Gasteiger charge is 2.12. The highest BCUT2D eigenvalue weighted by molar-refractivity contribution is 6.31. The Morgan fingerprint density at radius 3 is 2.56 bits per heavy atom. The Balaban J connectivity index is 1.84. The summed E-state index contributed by atoms with van der Waals surface area (Å²) in [5.41, 5.74) is 3.01. The maximum Gasteiger partial charge on any atom is 0.224 e. The van der Waals surface area contributed by atoms with Crippen molar-refractivity contribution >= 4 is 23.4 Å². The first-order chi connectivity index (χ1) is 12.0. The number of halogens is 1. The number of carbonyl (C=O) groups excluding carboxylic acids is 2. The minimum atomic E-state index is -0.0492. The van der Waals surface area contributed by atoms with Gasteiger partial charge in [0.25, 0.3) is 0 Å². The number of carbonyl (C=O) groups is 2. The summed E-state index contributed by atoms with van der Waals surface area (Å²) in [6.45, 7) is 4.81. The lowest BCUT2D eigenvalue weighted by atomic mass is 10.1. The molecule has 2 aromatic rings. The fraction of sp³-hybridized carbons (Fsp3) is 0.300. The average molecular weight is 359 g/mol. The molecule has 0 saturated carbocycles. The van der Waals surface area contributed by atoms with Crippen LogP contribution in [0, 0.1) is 6.92 Å². The van der Waals surface area contributed by atoms with E-state index in [1.807, 2.05) is 49.4 Å². The van der Waals surface area contributed by atoms with Crippen molar-refractivity contribution in [2.45, 2.75) is 26.8 Å². The van der Waals surface area contributed by atoms with Gasteiger partial charge in [0, 0.05) is 31.6 Å². The molecule has 132 valence electrons. The number of amides is 2. The Bertz CT molecular complexity index is 746. The van der Waals surface area contributed by atoms with Gasteiger partial charge >= 0.3 is 0 Å². The molecular weight excluding hydrogens is 336 g/mol. The van der Waals surface area contributed by atoms with Crippen molar-refractivity contribution in [3.63, 3.8) is 0 Å². The molecule has 0 aromatic heterocycles. The monoisotopic (exact) mass is 358 g/mol. The molecule has 0 fully saturated rings. The van der Waals surface area contributed by atoms with Crippen LogP contribution in [0.1, 0.15) is 23.6 Å². The third-order valence-corrected chi connectivity index (χ3v) is 4.28. The molecule has 0 radical (unpaired) electrons. The quantitative estimate of drug-likeness (QED) is 0.825. The molecule has 0 atom stereocenters. The maximum absolute atomic E-state index is 12.1. The number of nitrogens with zero attached hydrogens (tertiary/aromatic N) is 1. The van der Waals surface area contributed by atoms with Crippen molar-refractivity contribution in [3.8, 4) is 0 Å². The molecule has 0 heterocycles. The standard InChI is InChI=1S/C20H23ClN2O2/c1-15-6-5-7-17(12-15)13-20(25)22-10-11-23(16(2)24)14-18-8-3-4-9-19(18)21/h3-9,12H,10-11,13-14H2,1-2H3,(H,22,25). The van der Waals surface area contributed by atoms with E-state index >= 15 is 0 Å². The van der Waals surface area contributed by atoms with Crippen molar-refractivity contribution < 1.29 is 9.59 Å². The molecule has 1 N–H and O–H groups in total. The Labute approximate surface area is 153 Å². The second-order valence-electron chi connectivity index (χ2n) is 6.05. The Kier molecular flexibility index (Phi) is 7.02. The summed E-state index contributed by atoms with van der Waals surface area (Å²) in [4.78, 5) is 25.6. The molecule has 0 bridgehead atoms. The summed E-state index contributed by atoms with van der Waals surface area (Å²) >= 11 is 6.15. The SMILES string of the molecule is CC(=O)N(CCNC(=O)Cc1cccc(C)c1)Cc1ccccc1Cl. The second-order valence-corrected chi connectivity index (χ2v) is 6.45. The number of hydrogen-bond donors (Lipinski definition) is 1. The summed E-state index contributed by atoms with van der Waals surface area (Å²) < 4.78 is 0. The Morgan fingerprint density at radius 1 is 1.12 bits per heavy atom. The molecule has 2 rings (SSSR count). The first-order valence-corrected chi connectivity index (χ1v) is 8.64. The highest BCUT2D eigenvalue weighted by atomic mass is 35.5. The molecule has 0 aliphatic carbocycles. The van der Waals surface area contributed by atoms with Crippen LogP contribution in [-0.4, -0.2) is 29.8 Å². The van der Waals surface area contributed by atoms with E-state index in [1.54, 1.807) is 11.0 Å². The molecular formula is C20H23ClN2O2. The molecule has 0 aliphatic rings. The molecule has 4 nitrogen and oxygen atoms in total. The molecule has 2 amide bonds. The van der Waals surface area contributed by atoms with Gasteiger partial charge in [0.2, 0.25) is 11.8 Å². The summed E-state index contributed by atoms with van der Waals surface area (Å²) in [6, 6.07) is 15.3. The number of aryl methyl sites for hydroxylation is 1. The van der Waals surface area contributed by atoms with Crippen LogP contribution in [-0.2, 0) is 22.6 Å². The van der Waals surface area contributed by atoms with Crippen molar-refractivity contribution in [2.75, 3.05) is 13.1 Å². The Morgan fingerprint density at radius 2 is 1.88 bits per heavy atom. The topological polar surface area (TPSA) is 49.4 Å². The predicted molar refractivity (Wildman–Crippen MR) is 100 cm³/mol. The third kappa shape index (κ3) is 6.24. The van der Waals surface area contributed by atoms with Crippen LogP contribution in [0.5, 0.6) is 0 Å². The fourth-order valence-corrected chi connectivity index (χ4v) is 2.78. The number of hydrogen-bond acceptors (Lipinski definition) is 2. The molecule has 5 heteroatoms. The van der Waals surface area contributed by atoms with Crippen molar-refractivity contribution in [3.05, 3.63) is 70.2 Å². The molecule has 2 aromatic carbocycles. The van der Waals surface area contributed by atoms with Crippen LogP contribution in [0.3, 0.4) is 0 Å². The van der Waals surface area contributed by atoms with Gasteiger partial charge in [0.05, 0.1) is 6.42 Å². The average Bonchev–Trinajstić information content (AvgIpc) is 2.55. The summed E-state index contributed by atoms with van der Waals surface area (Å²) in [6.07, 6.45) is 0.340. The number of nitrogens with one attached hydrogen (secondary N) is 1. The van der Waals surface area contributed by atoms with Crippen LogP contribution >= 0.6 is 11.6 Å².